The summed E-state index contributed by atoms with van der Waals surface area (Å²) in [6, 6.07) is 6.84. The Labute approximate surface area is 198 Å². The van der Waals surface area contributed by atoms with Crippen molar-refractivity contribution in [3.05, 3.63) is 35.9 Å². The average molecular weight is 478 g/mol. The molecule has 1 aromatic carbocycles. The highest BCUT2D eigenvalue weighted by Gasteiger charge is 2.31. The van der Waals surface area contributed by atoms with Gasteiger partial charge in [0, 0.05) is 25.8 Å². The Balaban J connectivity index is 1.98. The monoisotopic (exact) mass is 477 g/mol. The minimum absolute atomic E-state index is 0.0525. The molecule has 3 N–H and O–H groups in total. The zero-order valence-corrected chi connectivity index (χ0v) is 19.7. The molecule has 0 aliphatic carbocycles. The average Bonchev–Trinajstić information content (AvgIpc) is 3.08. The van der Waals surface area contributed by atoms with Gasteiger partial charge in [0.15, 0.2) is 0 Å². The summed E-state index contributed by atoms with van der Waals surface area (Å²) in [6.45, 7) is 3.85. The van der Waals surface area contributed by atoms with Crippen LogP contribution in [0, 0.1) is 5.92 Å². The topological polar surface area (TPSA) is 133 Å². The molecule has 1 aromatic rings. The van der Waals surface area contributed by atoms with E-state index >= 15 is 0 Å². The van der Waals surface area contributed by atoms with Gasteiger partial charge in [-0.05, 0) is 24.3 Å². The van der Waals surface area contributed by atoms with E-state index in [2.05, 4.69) is 23.3 Å². The van der Waals surface area contributed by atoms with Crippen LogP contribution < -0.4 is 10.6 Å². The van der Waals surface area contributed by atoms with Crippen LogP contribution in [0.2, 0.25) is 0 Å². The first-order chi connectivity index (χ1) is 15.6. The van der Waals surface area contributed by atoms with E-state index in [0.717, 1.165) is 10.5 Å². The number of carbonyl (C=O) groups excluding carboxylic acids is 4. The molecule has 1 saturated heterocycles. The molecule has 0 spiro atoms. The first-order valence-corrected chi connectivity index (χ1v) is 11.5. The van der Waals surface area contributed by atoms with Crippen molar-refractivity contribution < 1.29 is 29.1 Å². The number of rotatable bonds is 12. The Morgan fingerprint density at radius 1 is 1.00 bits per heavy atom. The lowest BCUT2D eigenvalue weighted by atomic mass is 10.0. The third kappa shape index (κ3) is 8.20. The van der Waals surface area contributed by atoms with Crippen LogP contribution in [0.3, 0.4) is 0 Å². The molecular weight excluding hydrogens is 446 g/mol. The van der Waals surface area contributed by atoms with Gasteiger partial charge in [0.1, 0.15) is 12.1 Å². The number of hydrogen-bond acceptors (Lipinski definition) is 6. The van der Waals surface area contributed by atoms with Crippen molar-refractivity contribution in [2.75, 3.05) is 6.54 Å². The van der Waals surface area contributed by atoms with Crippen molar-refractivity contribution in [3.8, 4) is 0 Å². The first-order valence-electron chi connectivity index (χ1n) is 11.0. The molecule has 33 heavy (non-hydrogen) atoms. The lowest BCUT2D eigenvalue weighted by Crippen LogP contribution is -2.53. The third-order valence-corrected chi connectivity index (χ3v) is 5.81. The van der Waals surface area contributed by atoms with Gasteiger partial charge >= 0.3 is 5.97 Å². The van der Waals surface area contributed by atoms with Gasteiger partial charge in [-0.3, -0.25) is 24.1 Å². The molecule has 9 nitrogen and oxygen atoms in total. The summed E-state index contributed by atoms with van der Waals surface area (Å²) in [6.07, 6.45) is 0.906. The van der Waals surface area contributed by atoms with Crippen molar-refractivity contribution >= 4 is 42.2 Å². The van der Waals surface area contributed by atoms with Gasteiger partial charge in [-0.1, -0.05) is 44.2 Å². The quantitative estimate of drug-likeness (QED) is 0.264. The van der Waals surface area contributed by atoms with E-state index in [1.165, 1.54) is 0 Å². The zero-order chi connectivity index (χ0) is 24.5. The number of thiol groups is 1. The number of likely N-dealkylation sites (tertiary alicyclic amines) is 1. The van der Waals surface area contributed by atoms with Crippen LogP contribution in [0.25, 0.3) is 0 Å². The number of carboxylic acid groups (broad SMARTS) is 1. The fourth-order valence-corrected chi connectivity index (χ4v) is 3.74. The number of carbonyl (C=O) groups is 5. The number of imide groups is 1. The maximum Gasteiger partial charge on any atom is 0.326 e. The van der Waals surface area contributed by atoms with Crippen LogP contribution in [0.4, 0.5) is 0 Å². The van der Waals surface area contributed by atoms with E-state index in [1.807, 2.05) is 19.9 Å². The maximum absolute atomic E-state index is 12.9. The van der Waals surface area contributed by atoms with Gasteiger partial charge in [0.05, 0.1) is 5.25 Å². The van der Waals surface area contributed by atoms with Crippen molar-refractivity contribution in [3.63, 3.8) is 0 Å². The Kier molecular flexibility index (Phi) is 9.90. The summed E-state index contributed by atoms with van der Waals surface area (Å²) in [4.78, 5) is 61.8. The van der Waals surface area contributed by atoms with E-state index in [4.69, 9.17) is 0 Å². The van der Waals surface area contributed by atoms with Crippen LogP contribution in [0.15, 0.2) is 30.3 Å². The SMILES string of the molecule is CC(C)CC(NC(=O)C(S)CCN1C(=O)CCC1=O)C(=O)N[C@@H](Cc1ccccc1)C(=O)O. The molecule has 10 heteroatoms. The summed E-state index contributed by atoms with van der Waals surface area (Å²) in [7, 11) is 0. The highest BCUT2D eigenvalue weighted by molar-refractivity contribution is 7.81. The lowest BCUT2D eigenvalue weighted by molar-refractivity contribution is -0.142. The zero-order valence-electron chi connectivity index (χ0n) is 18.8. The molecular formula is C23H31N3O6S. The molecule has 1 aliphatic heterocycles. The molecule has 0 aromatic heterocycles. The van der Waals surface area contributed by atoms with Crippen molar-refractivity contribution in [2.45, 2.75) is 63.3 Å². The molecule has 1 heterocycles. The standard InChI is InChI=1S/C23H31N3O6S/c1-14(2)12-16(21(29)25-17(23(31)32)13-15-6-4-3-5-7-15)24-22(30)18(33)10-11-26-19(27)8-9-20(26)28/h3-7,14,16-18,33H,8-13H2,1-2H3,(H,24,30)(H,25,29)(H,31,32)/t16?,17-,18?/m0/s1. The second kappa shape index (κ2) is 12.4. The van der Waals surface area contributed by atoms with E-state index in [0.29, 0.717) is 6.42 Å². The number of nitrogens with zero attached hydrogens (tertiary/aromatic N) is 1. The van der Waals surface area contributed by atoms with Gasteiger partial charge in [0.25, 0.3) is 0 Å². The van der Waals surface area contributed by atoms with Gasteiger partial charge in [0.2, 0.25) is 23.6 Å². The molecule has 4 amide bonds. The van der Waals surface area contributed by atoms with Crippen molar-refractivity contribution in [1.29, 1.82) is 0 Å². The molecule has 2 rings (SSSR count). The van der Waals surface area contributed by atoms with Gasteiger partial charge in [-0.25, -0.2) is 4.79 Å². The van der Waals surface area contributed by atoms with Crippen LogP contribution >= 0.6 is 12.6 Å². The second-order valence-corrected chi connectivity index (χ2v) is 9.15. The highest BCUT2D eigenvalue weighted by Crippen LogP contribution is 2.15. The molecule has 2 unspecified atom stereocenters. The van der Waals surface area contributed by atoms with E-state index < -0.39 is 35.1 Å². The predicted octanol–water partition coefficient (Wildman–Crippen LogP) is 1.17. The molecule has 180 valence electrons. The van der Waals surface area contributed by atoms with Crippen LogP contribution in [-0.2, 0) is 30.4 Å². The third-order valence-electron chi connectivity index (χ3n) is 5.32. The molecule has 0 radical (unpaired) electrons. The summed E-state index contributed by atoms with van der Waals surface area (Å²) in [5.74, 6) is -2.77. The van der Waals surface area contributed by atoms with Crippen LogP contribution in [-0.4, -0.2) is 63.5 Å². The first kappa shape index (κ1) is 26.4. The molecule has 1 aliphatic rings. The number of nitrogens with one attached hydrogen (secondary N) is 2. The van der Waals surface area contributed by atoms with Gasteiger partial charge in [-0.2, -0.15) is 12.6 Å². The van der Waals surface area contributed by atoms with Gasteiger partial charge < -0.3 is 15.7 Å². The van der Waals surface area contributed by atoms with E-state index in [1.54, 1.807) is 24.3 Å². The maximum atomic E-state index is 12.9. The molecule has 3 atom stereocenters. The van der Waals surface area contributed by atoms with Crippen LogP contribution in [0.5, 0.6) is 0 Å². The fraction of sp³-hybridized carbons (Fsp3) is 0.522. The Hall–Kier alpha value is -2.88. The van der Waals surface area contributed by atoms with Gasteiger partial charge in [-0.15, -0.1) is 0 Å². The number of carboxylic acids is 1. The Morgan fingerprint density at radius 2 is 1.58 bits per heavy atom. The summed E-state index contributed by atoms with van der Waals surface area (Å²) in [5.41, 5.74) is 0.760. The van der Waals surface area contributed by atoms with Crippen molar-refractivity contribution in [2.24, 2.45) is 5.92 Å². The Bertz CT molecular complexity index is 860. The van der Waals surface area contributed by atoms with Crippen molar-refractivity contribution in [1.82, 2.24) is 15.5 Å². The Morgan fingerprint density at radius 3 is 2.12 bits per heavy atom. The largest absolute Gasteiger partial charge is 0.480 e. The summed E-state index contributed by atoms with van der Waals surface area (Å²) < 4.78 is 0. The predicted molar refractivity (Wildman–Crippen MR) is 124 cm³/mol. The number of amides is 4. The van der Waals surface area contributed by atoms with E-state index in [-0.39, 0.29) is 50.0 Å². The molecule has 0 saturated carbocycles. The number of benzene rings is 1. The summed E-state index contributed by atoms with van der Waals surface area (Å²) >= 11 is 4.27. The molecule has 1 fully saturated rings. The van der Waals surface area contributed by atoms with Crippen LogP contribution in [0.1, 0.15) is 45.1 Å². The number of aliphatic carboxylic acids is 1. The second-order valence-electron chi connectivity index (χ2n) is 8.52. The minimum Gasteiger partial charge on any atom is -0.480 e. The summed E-state index contributed by atoms with van der Waals surface area (Å²) in [5, 5.41) is 13.9. The highest BCUT2D eigenvalue weighted by atomic mass is 32.1. The lowest BCUT2D eigenvalue weighted by Gasteiger charge is -2.24. The fourth-order valence-electron chi connectivity index (χ4n) is 3.55. The minimum atomic E-state index is -1.17. The van der Waals surface area contributed by atoms with E-state index in [9.17, 15) is 29.1 Å². The smallest absolute Gasteiger partial charge is 0.326 e. The normalized spacial score (nSPS) is 16.4. The number of hydrogen-bond donors (Lipinski definition) is 4. The molecule has 0 bridgehead atoms.